The van der Waals surface area contributed by atoms with Gasteiger partial charge >= 0.3 is 5.97 Å². The standard InChI is InChI=1S/C21H34O3/c1-7-24-21(23)20(19(6)22)15-14-18(5)13-9-12-17(4)11-8-10-16(2)3/h10,12,14,20H,7-9,11,13,15H2,1-6H3. The summed E-state index contributed by atoms with van der Waals surface area (Å²) in [6.45, 7) is 12.0. The van der Waals surface area contributed by atoms with Gasteiger partial charge in [-0.05, 0) is 73.6 Å². The molecule has 0 aromatic carbocycles. The van der Waals surface area contributed by atoms with Gasteiger partial charge < -0.3 is 4.74 Å². The molecule has 0 spiro atoms. The maximum absolute atomic E-state index is 11.8. The lowest BCUT2D eigenvalue weighted by atomic mass is 9.98. The summed E-state index contributed by atoms with van der Waals surface area (Å²) in [7, 11) is 0. The zero-order chi connectivity index (χ0) is 18.5. The Morgan fingerprint density at radius 3 is 1.92 bits per heavy atom. The fourth-order valence-corrected chi connectivity index (χ4v) is 2.33. The molecule has 1 unspecified atom stereocenters. The van der Waals surface area contributed by atoms with E-state index in [9.17, 15) is 9.59 Å². The Balaban J connectivity index is 4.36. The zero-order valence-corrected chi connectivity index (χ0v) is 16.3. The quantitative estimate of drug-likeness (QED) is 0.282. The molecule has 0 radical (unpaired) electrons. The van der Waals surface area contributed by atoms with Crippen LogP contribution in [0.2, 0.25) is 0 Å². The van der Waals surface area contributed by atoms with Crippen LogP contribution >= 0.6 is 0 Å². The normalized spacial score (nSPS) is 13.4. The molecule has 136 valence electrons. The van der Waals surface area contributed by atoms with E-state index in [2.05, 4.69) is 39.8 Å². The lowest BCUT2D eigenvalue weighted by molar-refractivity contribution is -0.150. The SMILES string of the molecule is CCOC(=O)C(CC=C(C)CCC=C(C)CCC=C(C)C)C(C)=O. The number of ether oxygens (including phenoxy) is 1. The Bertz CT molecular complexity index is 491. The highest BCUT2D eigenvalue weighted by molar-refractivity contribution is 5.97. The minimum absolute atomic E-state index is 0.132. The van der Waals surface area contributed by atoms with Crippen molar-refractivity contribution in [1.82, 2.24) is 0 Å². The number of Topliss-reactive ketones (excluding diaryl/α,β-unsaturated/α-hetero) is 1. The van der Waals surface area contributed by atoms with Crippen molar-refractivity contribution < 1.29 is 14.3 Å². The Morgan fingerprint density at radius 1 is 0.875 bits per heavy atom. The molecule has 0 aromatic rings. The van der Waals surface area contributed by atoms with E-state index < -0.39 is 11.9 Å². The third-order valence-electron chi connectivity index (χ3n) is 3.89. The van der Waals surface area contributed by atoms with Crippen molar-refractivity contribution in [2.24, 2.45) is 5.92 Å². The van der Waals surface area contributed by atoms with Gasteiger partial charge in [-0.15, -0.1) is 0 Å². The van der Waals surface area contributed by atoms with E-state index in [0.29, 0.717) is 13.0 Å². The van der Waals surface area contributed by atoms with E-state index in [0.717, 1.165) is 25.7 Å². The van der Waals surface area contributed by atoms with Crippen LogP contribution in [0.3, 0.4) is 0 Å². The number of carbonyl (C=O) groups is 2. The van der Waals surface area contributed by atoms with Gasteiger partial charge in [0.15, 0.2) is 0 Å². The minimum atomic E-state index is -0.666. The molecule has 0 aliphatic rings. The van der Waals surface area contributed by atoms with Crippen molar-refractivity contribution in [3.8, 4) is 0 Å². The number of rotatable bonds is 11. The summed E-state index contributed by atoms with van der Waals surface area (Å²) < 4.78 is 4.96. The van der Waals surface area contributed by atoms with Crippen LogP contribution in [-0.2, 0) is 14.3 Å². The molecule has 0 aliphatic heterocycles. The molecule has 0 saturated carbocycles. The second-order valence-corrected chi connectivity index (χ2v) is 6.61. The number of allylic oxidation sites excluding steroid dienone is 6. The maximum Gasteiger partial charge on any atom is 0.316 e. The molecule has 1 atom stereocenters. The van der Waals surface area contributed by atoms with Gasteiger partial charge in [-0.2, -0.15) is 0 Å². The fraction of sp³-hybridized carbons (Fsp3) is 0.619. The first-order valence-electron chi connectivity index (χ1n) is 8.89. The number of carbonyl (C=O) groups excluding carboxylic acids is 2. The molecule has 0 fully saturated rings. The van der Waals surface area contributed by atoms with Gasteiger partial charge in [0, 0.05) is 0 Å². The van der Waals surface area contributed by atoms with Crippen molar-refractivity contribution in [3.63, 3.8) is 0 Å². The predicted octanol–water partition coefficient (Wildman–Crippen LogP) is 5.56. The Morgan fingerprint density at radius 2 is 1.42 bits per heavy atom. The summed E-state index contributed by atoms with van der Waals surface area (Å²) in [5.41, 5.74) is 3.98. The molecule has 0 amide bonds. The Labute approximate surface area is 147 Å². The molecule has 0 bridgehead atoms. The average Bonchev–Trinajstić information content (AvgIpc) is 2.46. The number of hydrogen-bond donors (Lipinski definition) is 0. The fourth-order valence-electron chi connectivity index (χ4n) is 2.33. The summed E-state index contributed by atoms with van der Waals surface area (Å²) in [6.07, 6.45) is 11.1. The lowest BCUT2D eigenvalue weighted by Gasteiger charge is -2.10. The van der Waals surface area contributed by atoms with E-state index in [1.807, 2.05) is 6.08 Å². The van der Waals surface area contributed by atoms with Crippen molar-refractivity contribution in [2.45, 2.75) is 73.6 Å². The lowest BCUT2D eigenvalue weighted by Crippen LogP contribution is -2.23. The molecule has 0 heterocycles. The second-order valence-electron chi connectivity index (χ2n) is 6.61. The van der Waals surface area contributed by atoms with Crippen LogP contribution < -0.4 is 0 Å². The van der Waals surface area contributed by atoms with Crippen LogP contribution in [0, 0.1) is 5.92 Å². The summed E-state index contributed by atoms with van der Waals surface area (Å²) in [4.78, 5) is 23.3. The van der Waals surface area contributed by atoms with Crippen molar-refractivity contribution in [3.05, 3.63) is 34.9 Å². The molecule has 0 aliphatic carbocycles. The third-order valence-corrected chi connectivity index (χ3v) is 3.89. The topological polar surface area (TPSA) is 43.4 Å². The van der Waals surface area contributed by atoms with Gasteiger partial charge in [-0.3, -0.25) is 9.59 Å². The van der Waals surface area contributed by atoms with Gasteiger partial charge in [0.1, 0.15) is 11.7 Å². The van der Waals surface area contributed by atoms with Gasteiger partial charge in [-0.25, -0.2) is 0 Å². The van der Waals surface area contributed by atoms with Crippen LogP contribution in [0.15, 0.2) is 34.9 Å². The molecular formula is C21H34O3. The molecule has 0 N–H and O–H groups in total. The van der Waals surface area contributed by atoms with E-state index in [1.165, 1.54) is 23.6 Å². The molecule has 0 saturated heterocycles. The highest BCUT2D eigenvalue weighted by Gasteiger charge is 2.23. The van der Waals surface area contributed by atoms with Gasteiger partial charge in [0.25, 0.3) is 0 Å². The summed E-state index contributed by atoms with van der Waals surface area (Å²) >= 11 is 0. The predicted molar refractivity (Wildman–Crippen MR) is 101 cm³/mol. The summed E-state index contributed by atoms with van der Waals surface area (Å²) in [5, 5.41) is 0. The zero-order valence-electron chi connectivity index (χ0n) is 16.3. The Hall–Kier alpha value is -1.64. The van der Waals surface area contributed by atoms with Gasteiger partial charge in [0.05, 0.1) is 6.61 Å². The monoisotopic (exact) mass is 334 g/mol. The first-order chi connectivity index (χ1) is 11.3. The first kappa shape index (κ1) is 22.4. The van der Waals surface area contributed by atoms with Crippen molar-refractivity contribution >= 4 is 11.8 Å². The van der Waals surface area contributed by atoms with Crippen molar-refractivity contribution in [2.75, 3.05) is 6.61 Å². The van der Waals surface area contributed by atoms with E-state index in [4.69, 9.17) is 4.74 Å². The number of ketones is 1. The third kappa shape index (κ3) is 11.0. The van der Waals surface area contributed by atoms with Crippen LogP contribution in [-0.4, -0.2) is 18.4 Å². The van der Waals surface area contributed by atoms with Gasteiger partial charge in [0.2, 0.25) is 0 Å². The molecule has 3 heteroatoms. The van der Waals surface area contributed by atoms with Crippen LogP contribution in [0.25, 0.3) is 0 Å². The van der Waals surface area contributed by atoms with Crippen molar-refractivity contribution in [1.29, 1.82) is 0 Å². The number of esters is 1. The van der Waals surface area contributed by atoms with Crippen LogP contribution in [0.5, 0.6) is 0 Å². The smallest absolute Gasteiger partial charge is 0.316 e. The summed E-state index contributed by atoms with van der Waals surface area (Å²) in [6, 6.07) is 0. The molecule has 0 rings (SSSR count). The average molecular weight is 335 g/mol. The number of hydrogen-bond acceptors (Lipinski definition) is 3. The molecular weight excluding hydrogens is 300 g/mol. The largest absolute Gasteiger partial charge is 0.465 e. The van der Waals surface area contributed by atoms with Crippen LogP contribution in [0.4, 0.5) is 0 Å². The second kappa shape index (κ2) is 12.7. The van der Waals surface area contributed by atoms with E-state index in [-0.39, 0.29) is 5.78 Å². The summed E-state index contributed by atoms with van der Waals surface area (Å²) in [5.74, 6) is -1.21. The molecule has 3 nitrogen and oxygen atoms in total. The highest BCUT2D eigenvalue weighted by atomic mass is 16.5. The van der Waals surface area contributed by atoms with Crippen LogP contribution in [0.1, 0.15) is 73.6 Å². The van der Waals surface area contributed by atoms with E-state index >= 15 is 0 Å². The Kier molecular flexibility index (Phi) is 11.9. The highest BCUT2D eigenvalue weighted by Crippen LogP contribution is 2.15. The molecule has 24 heavy (non-hydrogen) atoms. The van der Waals surface area contributed by atoms with Gasteiger partial charge in [-0.1, -0.05) is 34.9 Å². The molecule has 0 aromatic heterocycles. The minimum Gasteiger partial charge on any atom is -0.465 e. The first-order valence-corrected chi connectivity index (χ1v) is 8.89. The van der Waals surface area contributed by atoms with E-state index in [1.54, 1.807) is 6.92 Å². The maximum atomic E-state index is 11.8.